The number of rotatable bonds is 3. The van der Waals surface area contributed by atoms with Crippen LogP contribution in [-0.4, -0.2) is 22.9 Å². The quantitative estimate of drug-likeness (QED) is 0.505. The van der Waals surface area contributed by atoms with Crippen molar-refractivity contribution >= 4 is 23.5 Å². The molecule has 108 valence electrons. The molecule has 6 heteroatoms. The van der Waals surface area contributed by atoms with Crippen molar-refractivity contribution in [2.75, 3.05) is 5.32 Å². The van der Waals surface area contributed by atoms with E-state index in [4.69, 9.17) is 5.41 Å². The van der Waals surface area contributed by atoms with Gasteiger partial charge in [-0.05, 0) is 32.1 Å². The summed E-state index contributed by atoms with van der Waals surface area (Å²) < 4.78 is 0. The molecule has 0 saturated carbocycles. The van der Waals surface area contributed by atoms with Gasteiger partial charge in [0.25, 0.3) is 5.91 Å². The van der Waals surface area contributed by atoms with Gasteiger partial charge >= 0.3 is 0 Å². The molecule has 2 rings (SSSR count). The van der Waals surface area contributed by atoms with Crippen LogP contribution < -0.4 is 10.6 Å². The zero-order valence-electron chi connectivity index (χ0n) is 11.8. The molecule has 0 saturated heterocycles. The molecule has 1 aliphatic heterocycles. The maximum absolute atomic E-state index is 12.2. The van der Waals surface area contributed by atoms with Crippen molar-refractivity contribution in [2.24, 2.45) is 4.99 Å². The predicted octanol–water partition coefficient (Wildman–Crippen LogP) is 2.16. The number of amides is 1. The first-order valence-corrected chi connectivity index (χ1v) is 6.35. The van der Waals surface area contributed by atoms with Crippen LogP contribution in [0.25, 0.3) is 0 Å². The van der Waals surface area contributed by atoms with Crippen LogP contribution >= 0.6 is 0 Å². The minimum Gasteiger partial charge on any atom is -0.508 e. The third kappa shape index (κ3) is 3.56. The van der Waals surface area contributed by atoms with E-state index in [1.54, 1.807) is 12.1 Å². The Bertz CT molecular complexity index is 687. The summed E-state index contributed by atoms with van der Waals surface area (Å²) in [5.74, 6) is -0.0789. The lowest BCUT2D eigenvalue weighted by Gasteiger charge is -2.16. The summed E-state index contributed by atoms with van der Waals surface area (Å²) in [6, 6.07) is 6.21. The summed E-state index contributed by atoms with van der Waals surface area (Å²) in [5, 5.41) is 22.4. The van der Waals surface area contributed by atoms with Crippen molar-refractivity contribution in [3.05, 3.63) is 47.4 Å². The zero-order chi connectivity index (χ0) is 15.4. The van der Waals surface area contributed by atoms with Crippen molar-refractivity contribution in [1.29, 1.82) is 5.41 Å². The number of phenols is 1. The summed E-state index contributed by atoms with van der Waals surface area (Å²) >= 11 is 0. The van der Waals surface area contributed by atoms with E-state index in [-0.39, 0.29) is 11.3 Å². The standard InChI is InChI=1S/C15H16N4O2/c1-9-6-10(2)18-14(17-9)13(8-16)15(21)19-11-4-3-5-12(20)7-11/h3-8,16-17,20H,1-2H3,(H,19,21)/b14-13-,16-8?. The van der Waals surface area contributed by atoms with E-state index in [0.717, 1.165) is 17.6 Å². The highest BCUT2D eigenvalue weighted by Gasteiger charge is 2.16. The monoisotopic (exact) mass is 284 g/mol. The third-order valence-electron chi connectivity index (χ3n) is 2.78. The van der Waals surface area contributed by atoms with Gasteiger partial charge in [-0.1, -0.05) is 6.07 Å². The number of aliphatic imine (C=N–C) groups is 1. The smallest absolute Gasteiger partial charge is 0.260 e. The highest BCUT2D eigenvalue weighted by atomic mass is 16.3. The Balaban J connectivity index is 2.28. The number of carbonyl (C=O) groups excluding carboxylic acids is 1. The van der Waals surface area contributed by atoms with Crippen molar-refractivity contribution < 1.29 is 9.90 Å². The molecular weight excluding hydrogens is 268 g/mol. The number of allylic oxidation sites excluding steroid dienone is 2. The van der Waals surface area contributed by atoms with Gasteiger partial charge in [0.2, 0.25) is 0 Å². The van der Waals surface area contributed by atoms with Crippen molar-refractivity contribution in [3.63, 3.8) is 0 Å². The normalized spacial score (nSPS) is 16.3. The zero-order valence-corrected chi connectivity index (χ0v) is 11.8. The summed E-state index contributed by atoms with van der Waals surface area (Å²) in [7, 11) is 0. The van der Waals surface area contributed by atoms with Crippen LogP contribution in [0, 0.1) is 5.41 Å². The minimum atomic E-state index is -0.468. The number of phenolic OH excluding ortho intramolecular Hbond substituents is 1. The lowest BCUT2D eigenvalue weighted by atomic mass is 10.2. The largest absolute Gasteiger partial charge is 0.508 e. The number of benzene rings is 1. The second-order valence-corrected chi connectivity index (χ2v) is 4.62. The van der Waals surface area contributed by atoms with Gasteiger partial charge in [-0.25, -0.2) is 4.99 Å². The molecule has 1 aliphatic rings. The topological polar surface area (TPSA) is 97.6 Å². The van der Waals surface area contributed by atoms with Crippen molar-refractivity contribution in [3.8, 4) is 5.75 Å². The fourth-order valence-corrected chi connectivity index (χ4v) is 1.92. The Morgan fingerprint density at radius 1 is 1.43 bits per heavy atom. The van der Waals surface area contributed by atoms with E-state index < -0.39 is 5.91 Å². The summed E-state index contributed by atoms with van der Waals surface area (Å²) in [6.07, 6.45) is 2.80. The minimum absolute atomic E-state index is 0.0558. The molecule has 1 amide bonds. The summed E-state index contributed by atoms with van der Waals surface area (Å²) in [4.78, 5) is 16.5. The molecular formula is C15H16N4O2. The molecule has 0 atom stereocenters. The van der Waals surface area contributed by atoms with Gasteiger partial charge < -0.3 is 21.1 Å². The van der Waals surface area contributed by atoms with Crippen LogP contribution in [0.2, 0.25) is 0 Å². The average molecular weight is 284 g/mol. The Kier molecular flexibility index (Phi) is 4.18. The van der Waals surface area contributed by atoms with Crippen molar-refractivity contribution in [1.82, 2.24) is 5.32 Å². The van der Waals surface area contributed by atoms with Crippen LogP contribution in [-0.2, 0) is 4.79 Å². The van der Waals surface area contributed by atoms with Gasteiger partial charge in [-0.2, -0.15) is 0 Å². The lowest BCUT2D eigenvalue weighted by Crippen LogP contribution is -2.24. The van der Waals surface area contributed by atoms with Gasteiger partial charge in [-0.15, -0.1) is 0 Å². The summed E-state index contributed by atoms with van der Waals surface area (Å²) in [5.41, 5.74) is 2.17. The van der Waals surface area contributed by atoms with E-state index in [1.807, 2.05) is 19.9 Å². The maximum atomic E-state index is 12.2. The number of carbonyl (C=O) groups is 1. The molecule has 0 fully saturated rings. The first-order valence-electron chi connectivity index (χ1n) is 6.35. The van der Waals surface area contributed by atoms with Gasteiger partial charge in [0.15, 0.2) is 0 Å². The fourth-order valence-electron chi connectivity index (χ4n) is 1.92. The van der Waals surface area contributed by atoms with Crippen molar-refractivity contribution in [2.45, 2.75) is 13.8 Å². The highest BCUT2D eigenvalue weighted by Crippen LogP contribution is 2.17. The van der Waals surface area contributed by atoms with Gasteiger partial charge in [0.05, 0.1) is 5.57 Å². The fraction of sp³-hybridized carbons (Fsp3) is 0.133. The molecule has 0 unspecified atom stereocenters. The van der Waals surface area contributed by atoms with Crippen LogP contribution in [0.5, 0.6) is 5.75 Å². The Morgan fingerprint density at radius 3 is 2.81 bits per heavy atom. The number of nitrogens with one attached hydrogen (secondary N) is 3. The molecule has 0 aromatic heterocycles. The molecule has 6 nitrogen and oxygen atoms in total. The molecule has 21 heavy (non-hydrogen) atoms. The number of anilines is 1. The first kappa shape index (κ1) is 14.5. The van der Waals surface area contributed by atoms with Gasteiger partial charge in [0, 0.05) is 29.4 Å². The maximum Gasteiger partial charge on any atom is 0.260 e. The Labute approximate surface area is 122 Å². The average Bonchev–Trinajstić information content (AvgIpc) is 2.38. The van der Waals surface area contributed by atoms with E-state index in [1.165, 1.54) is 12.1 Å². The first-order chi connectivity index (χ1) is 9.99. The molecule has 0 spiro atoms. The van der Waals surface area contributed by atoms with Crippen LogP contribution in [0.15, 0.2) is 52.4 Å². The molecule has 1 heterocycles. The lowest BCUT2D eigenvalue weighted by molar-refractivity contribution is -0.112. The molecule has 4 N–H and O–H groups in total. The predicted molar refractivity (Wildman–Crippen MR) is 82.5 cm³/mol. The van der Waals surface area contributed by atoms with E-state index >= 15 is 0 Å². The molecule has 1 aromatic rings. The van der Waals surface area contributed by atoms with Crippen LogP contribution in [0.4, 0.5) is 5.69 Å². The Hall–Kier alpha value is -2.89. The second kappa shape index (κ2) is 6.04. The number of hydrogen-bond donors (Lipinski definition) is 4. The third-order valence-corrected chi connectivity index (χ3v) is 2.78. The molecule has 0 bridgehead atoms. The van der Waals surface area contributed by atoms with Crippen LogP contribution in [0.3, 0.4) is 0 Å². The number of hydrogen-bond acceptors (Lipinski definition) is 5. The van der Waals surface area contributed by atoms with Crippen LogP contribution in [0.1, 0.15) is 13.8 Å². The number of aromatic hydroxyl groups is 1. The second-order valence-electron chi connectivity index (χ2n) is 4.62. The number of nitrogens with zero attached hydrogens (tertiary/aromatic N) is 1. The van der Waals surface area contributed by atoms with E-state index in [0.29, 0.717) is 11.5 Å². The highest BCUT2D eigenvalue weighted by molar-refractivity contribution is 6.18. The Morgan fingerprint density at radius 2 is 2.19 bits per heavy atom. The summed E-state index contributed by atoms with van der Waals surface area (Å²) in [6.45, 7) is 3.67. The van der Waals surface area contributed by atoms with E-state index in [2.05, 4.69) is 15.6 Å². The molecule has 0 radical (unpaired) electrons. The van der Waals surface area contributed by atoms with Gasteiger partial charge in [-0.3, -0.25) is 4.79 Å². The van der Waals surface area contributed by atoms with E-state index in [9.17, 15) is 9.90 Å². The molecule has 0 aliphatic carbocycles. The molecule has 1 aromatic carbocycles. The van der Waals surface area contributed by atoms with Gasteiger partial charge in [0.1, 0.15) is 11.6 Å². The SMILES string of the molecule is CC1=CC(C)=N/C(=C(/C=N)C(=O)Nc2cccc(O)c2)N1.